The number of fused-ring (bicyclic) bond motifs is 14. The largest absolute Gasteiger partial charge is 0.507 e. The molecule has 1 fully saturated rings. The zero-order chi connectivity index (χ0) is 58.9. The molecule has 1 saturated heterocycles. The van der Waals surface area contributed by atoms with Gasteiger partial charge in [0, 0.05) is 99.1 Å². The third-order valence-corrected chi connectivity index (χ3v) is 14.9. The van der Waals surface area contributed by atoms with Gasteiger partial charge >= 0.3 is 11.8 Å². The summed E-state index contributed by atoms with van der Waals surface area (Å²) >= 11 is 5.72. The number of benzene rings is 3. The van der Waals surface area contributed by atoms with E-state index in [1.807, 2.05) is 55.6 Å². The number of Topliss-reactive ketones (excluding diaryl/α,β-unsaturated/α-hetero) is 1. The Hall–Kier alpha value is -7.95. The van der Waals surface area contributed by atoms with Crippen molar-refractivity contribution in [3.63, 3.8) is 0 Å². The average molecular weight is 1130 g/mol. The highest BCUT2D eigenvalue weighted by atomic mass is 35.5. The van der Waals surface area contributed by atoms with Crippen molar-refractivity contribution in [2.45, 2.75) is 85.6 Å². The molecule has 0 saturated carbocycles. The van der Waals surface area contributed by atoms with Gasteiger partial charge in [0.25, 0.3) is 11.7 Å². The molecule has 0 radical (unpaired) electrons. The van der Waals surface area contributed by atoms with Gasteiger partial charge in [0.1, 0.15) is 29.1 Å². The van der Waals surface area contributed by atoms with Gasteiger partial charge in [0.05, 0.1) is 58.7 Å². The number of aromatic nitrogens is 3. The predicted molar refractivity (Wildman–Crippen MR) is 307 cm³/mol. The first-order valence-electron chi connectivity index (χ1n) is 26.4. The van der Waals surface area contributed by atoms with Gasteiger partial charge < -0.3 is 54.7 Å². The summed E-state index contributed by atoms with van der Waals surface area (Å²) in [4.78, 5) is 47.0. The SMILES string of the molecule is CO[C@H]1/C=C/O[C@@]2(C)Oc3c(C)c(O)c4c(O)c(c(/C=N/N5CCN(C)CC5)c(O)c4c3C2=O)NC(=O)/C(C)=C\C=C\[C@H](C)[C@H](O)[C@@H](C)[C@@H](O)[C@@H](C)[C@H](OC(C)=O)[C@@H]1C.Clc1ccc(N/N=C(\c2ccccc2)c2ccccn2)nn1. The van der Waals surface area contributed by atoms with Crippen LogP contribution < -0.4 is 15.5 Å². The summed E-state index contributed by atoms with van der Waals surface area (Å²) in [5, 5.41) is 79.3. The van der Waals surface area contributed by atoms with E-state index in [0.29, 0.717) is 24.1 Å². The zero-order valence-electron chi connectivity index (χ0n) is 46.9. The summed E-state index contributed by atoms with van der Waals surface area (Å²) in [6.07, 6.45) is 6.59. The van der Waals surface area contributed by atoms with Crippen LogP contribution in [0.1, 0.15) is 81.2 Å². The number of piperazine rings is 1. The summed E-state index contributed by atoms with van der Waals surface area (Å²) < 4.78 is 23.6. The molecule has 22 heteroatoms. The molecular weight excluding hydrogens is 1060 g/mol. The first-order valence-corrected chi connectivity index (χ1v) is 26.8. The summed E-state index contributed by atoms with van der Waals surface area (Å²) in [5.74, 6) is -7.83. The second-order valence-corrected chi connectivity index (χ2v) is 20.9. The van der Waals surface area contributed by atoms with Gasteiger partial charge in [-0.2, -0.15) is 10.2 Å². The van der Waals surface area contributed by atoms with E-state index in [1.165, 1.54) is 59.4 Å². The van der Waals surface area contributed by atoms with E-state index in [2.05, 4.69) is 41.0 Å². The molecule has 0 spiro atoms. The number of carbonyl (C=O) groups is 3. The molecule has 1 amide bonds. The highest BCUT2D eigenvalue weighted by Gasteiger charge is 2.50. The van der Waals surface area contributed by atoms with Gasteiger partial charge in [-0.05, 0) is 51.2 Å². The molecule has 81 heavy (non-hydrogen) atoms. The molecule has 4 aliphatic rings. The fourth-order valence-corrected chi connectivity index (χ4v) is 9.88. The van der Waals surface area contributed by atoms with Crippen molar-refractivity contribution in [3.05, 3.63) is 136 Å². The Kier molecular flexibility index (Phi) is 19.9. The van der Waals surface area contributed by atoms with Crippen molar-refractivity contribution in [2.24, 2.45) is 33.9 Å². The van der Waals surface area contributed by atoms with Crippen molar-refractivity contribution < 1.29 is 58.9 Å². The van der Waals surface area contributed by atoms with Crippen molar-refractivity contribution in [3.8, 4) is 23.0 Å². The van der Waals surface area contributed by atoms with Crippen LogP contribution in [0.2, 0.25) is 5.15 Å². The maximum atomic E-state index is 14.4. The number of carbonyl (C=O) groups excluding carboxylic acids is 3. The summed E-state index contributed by atoms with van der Waals surface area (Å²) in [6, 6.07) is 18.9. The van der Waals surface area contributed by atoms with Crippen LogP contribution in [0.3, 0.4) is 0 Å². The quantitative estimate of drug-likeness (QED) is 0.0257. The van der Waals surface area contributed by atoms with E-state index in [4.69, 9.17) is 30.5 Å². The molecule has 3 aromatic carbocycles. The average Bonchev–Trinajstić information content (AvgIpc) is 3.89. The lowest BCUT2D eigenvalue weighted by molar-refractivity contribution is -0.160. The summed E-state index contributed by atoms with van der Waals surface area (Å²) in [6.45, 7) is 15.1. The van der Waals surface area contributed by atoms with Gasteiger partial charge in [0.15, 0.2) is 16.7 Å². The van der Waals surface area contributed by atoms with Crippen LogP contribution in [-0.2, 0) is 23.8 Å². The van der Waals surface area contributed by atoms with Crippen molar-refractivity contribution >= 4 is 63.5 Å². The molecule has 9 rings (SSSR count). The minimum Gasteiger partial charge on any atom is -0.507 e. The standard InChI is InChI=1S/C43H58N4O12.C16H12ClN5/c1-21-12-11-13-22(2)42(55)45-33-28(20-44-47-17-15-46(9)16-18-47)37(52)30-31(38(33)53)36(51)26(6)40-32(30)41(54)43(8,59-40)57-19-14-29(56-10)23(3)39(58-27(7)48)25(5)35(50)24(4)34(21)49;17-14-9-10-15(20-19-14)21-22-16(12-6-2-1-3-7-12)13-8-4-5-11-18-13/h11-14,19-21,23-25,29,34-35,39,49-53H,15-18H2,1-10H3,(H,45,55);1-11H,(H,20,21)/b12-11+,19-14+,22-13-,44-20+;22-16+/t21-,23+,24+,25+,29-,34-,35+,39+,43-;/m0./s1. The predicted octanol–water partition coefficient (Wildman–Crippen LogP) is 7.72. The Bertz CT molecular complexity index is 3180. The maximum Gasteiger partial charge on any atom is 0.312 e. The highest BCUT2D eigenvalue weighted by Crippen LogP contribution is 2.55. The normalized spacial score (nSPS) is 26.4. The van der Waals surface area contributed by atoms with Gasteiger partial charge in [-0.1, -0.05) is 93.9 Å². The van der Waals surface area contributed by atoms with Crippen LogP contribution in [0.4, 0.5) is 11.5 Å². The minimum atomic E-state index is -2.04. The van der Waals surface area contributed by atoms with E-state index in [1.54, 1.807) is 63.2 Å². The number of aliphatic hydroxyl groups is 2. The zero-order valence-corrected chi connectivity index (χ0v) is 47.6. The molecular formula is C59H70ClN9O12. The third kappa shape index (κ3) is 13.8. The monoisotopic (exact) mass is 1130 g/mol. The Morgan fingerprint density at radius 3 is 2.23 bits per heavy atom. The summed E-state index contributed by atoms with van der Waals surface area (Å²) in [5.41, 5.74) is 4.98. The molecule has 7 N–H and O–H groups in total. The smallest absolute Gasteiger partial charge is 0.312 e. The number of hydrogen-bond acceptors (Lipinski definition) is 20. The van der Waals surface area contributed by atoms with Crippen LogP contribution in [0.25, 0.3) is 10.8 Å². The Balaban J connectivity index is 0.000000356. The van der Waals surface area contributed by atoms with E-state index >= 15 is 0 Å². The van der Waals surface area contributed by atoms with E-state index < -0.39 is 88.8 Å². The fourth-order valence-electron chi connectivity index (χ4n) is 9.78. The lowest BCUT2D eigenvalue weighted by atomic mass is 9.78. The number of halogens is 1. The number of phenolic OH excluding ortho intramolecular Hbond substituents is 3. The van der Waals surface area contributed by atoms with Gasteiger partial charge in [0.2, 0.25) is 0 Å². The Morgan fingerprint density at radius 1 is 0.889 bits per heavy atom. The van der Waals surface area contributed by atoms with Crippen LogP contribution in [0, 0.1) is 30.6 Å². The number of nitrogens with zero attached hydrogens (tertiary/aromatic N) is 7. The fraction of sp³-hybridized carbons (Fsp3) is 0.390. The van der Waals surface area contributed by atoms with Gasteiger partial charge in [-0.25, -0.2) is 0 Å². The van der Waals surface area contributed by atoms with Crippen molar-refractivity contribution in [1.29, 1.82) is 0 Å². The highest BCUT2D eigenvalue weighted by molar-refractivity contribution is 6.29. The second-order valence-electron chi connectivity index (χ2n) is 20.5. The molecule has 5 bridgehead atoms. The molecule has 5 aromatic rings. The number of aromatic hydroxyl groups is 3. The number of nitrogens with one attached hydrogen (secondary N) is 2. The number of anilines is 2. The Morgan fingerprint density at radius 2 is 1.59 bits per heavy atom. The number of allylic oxidation sites excluding steroid dienone is 2. The number of hydrogen-bond donors (Lipinski definition) is 7. The van der Waals surface area contributed by atoms with Crippen molar-refractivity contribution in [2.75, 3.05) is 51.1 Å². The molecule has 430 valence electrons. The number of pyridine rings is 1. The van der Waals surface area contributed by atoms with Crippen molar-refractivity contribution in [1.82, 2.24) is 25.1 Å². The molecule has 0 unspecified atom stereocenters. The maximum absolute atomic E-state index is 14.4. The molecule has 6 heterocycles. The number of rotatable bonds is 8. The van der Waals surface area contributed by atoms with E-state index in [-0.39, 0.29) is 44.5 Å². The molecule has 0 aliphatic carbocycles. The molecule has 2 aromatic heterocycles. The van der Waals surface area contributed by atoms with Crippen LogP contribution >= 0.6 is 11.6 Å². The number of methoxy groups -OCH3 is 1. The second kappa shape index (κ2) is 26.5. The number of amides is 1. The number of esters is 1. The molecule has 21 nitrogen and oxygen atoms in total. The van der Waals surface area contributed by atoms with Crippen LogP contribution in [0.15, 0.2) is 113 Å². The third-order valence-electron chi connectivity index (χ3n) is 14.7. The van der Waals surface area contributed by atoms with Crippen LogP contribution in [0.5, 0.6) is 23.0 Å². The number of ketones is 1. The van der Waals surface area contributed by atoms with Gasteiger partial charge in [-0.3, -0.25) is 29.8 Å². The number of ether oxygens (including phenoxy) is 4. The number of phenols is 3. The van der Waals surface area contributed by atoms with Crippen LogP contribution in [-0.4, -0.2) is 151 Å². The van der Waals surface area contributed by atoms with E-state index in [9.17, 15) is 39.9 Å². The molecule has 9 atom stereocenters. The number of hydrazone groups is 2. The van der Waals surface area contributed by atoms with Gasteiger partial charge in [-0.15, -0.1) is 10.2 Å². The first-order chi connectivity index (χ1) is 38.6. The summed E-state index contributed by atoms with van der Waals surface area (Å²) in [7, 11) is 3.42. The number of likely N-dealkylation sites (N-methyl/N-ethyl adjacent to an activating group) is 1. The lowest BCUT2D eigenvalue weighted by Gasteiger charge is -2.38. The van der Waals surface area contributed by atoms with E-state index in [0.717, 1.165) is 30.1 Å². The first kappa shape index (κ1) is 60.7. The number of aliphatic hydroxyl groups excluding tert-OH is 2. The topological polar surface area (TPSA) is 283 Å². The Labute approximate surface area is 475 Å². The molecule has 4 aliphatic heterocycles. The minimum absolute atomic E-state index is 0.0559. The lowest BCUT2D eigenvalue weighted by Crippen LogP contribution is -2.46.